The first-order chi connectivity index (χ1) is 13.7. The van der Waals surface area contributed by atoms with Gasteiger partial charge in [-0.05, 0) is 61.4 Å². The average molecular weight is 485 g/mol. The van der Waals surface area contributed by atoms with Crippen LogP contribution in [0.25, 0.3) is 0 Å². The van der Waals surface area contributed by atoms with Crippen molar-refractivity contribution in [1.29, 1.82) is 0 Å². The fourth-order valence-corrected chi connectivity index (χ4v) is 5.17. The number of hydrogen-bond acceptors (Lipinski definition) is 4. The predicted octanol–water partition coefficient (Wildman–Crippen LogP) is 3.31. The molecule has 0 bridgehead atoms. The molecule has 0 radical (unpaired) electrons. The van der Waals surface area contributed by atoms with Crippen LogP contribution in [0.4, 0.5) is 4.39 Å². The van der Waals surface area contributed by atoms with E-state index in [2.05, 4.69) is 15.9 Å². The molecule has 0 unspecified atom stereocenters. The molecular formula is C20H22BrFN2O4S. The third kappa shape index (κ3) is 5.34. The Bertz CT molecular complexity index is 957. The summed E-state index contributed by atoms with van der Waals surface area (Å²) in [5.74, 6) is -0.340. The van der Waals surface area contributed by atoms with Gasteiger partial charge in [-0.25, -0.2) is 12.8 Å². The fourth-order valence-electron chi connectivity index (χ4n) is 3.47. The van der Waals surface area contributed by atoms with E-state index < -0.39 is 21.3 Å². The summed E-state index contributed by atoms with van der Waals surface area (Å²) in [7, 11) is -3.62. The molecule has 1 aliphatic heterocycles. The zero-order chi connectivity index (χ0) is 21.1. The minimum Gasteiger partial charge on any atom is -0.493 e. The summed E-state index contributed by atoms with van der Waals surface area (Å²) in [6.45, 7) is 0.727. The Hall–Kier alpha value is -1.97. The molecule has 1 saturated heterocycles. The van der Waals surface area contributed by atoms with Gasteiger partial charge in [0.15, 0.2) is 0 Å². The number of hydrogen-bond donors (Lipinski definition) is 1. The van der Waals surface area contributed by atoms with Gasteiger partial charge in [0.25, 0.3) is 0 Å². The number of primary amides is 1. The van der Waals surface area contributed by atoms with E-state index in [-0.39, 0.29) is 36.8 Å². The highest BCUT2D eigenvalue weighted by Gasteiger charge is 2.40. The quantitative estimate of drug-likeness (QED) is 0.652. The summed E-state index contributed by atoms with van der Waals surface area (Å²) >= 11 is 3.30. The van der Waals surface area contributed by atoms with Crippen LogP contribution in [0.5, 0.6) is 5.75 Å². The van der Waals surface area contributed by atoms with Gasteiger partial charge in [-0.15, -0.1) is 0 Å². The monoisotopic (exact) mass is 484 g/mol. The summed E-state index contributed by atoms with van der Waals surface area (Å²) in [6.07, 6.45) is 0.972. The van der Waals surface area contributed by atoms with Crippen LogP contribution >= 0.6 is 15.9 Å². The van der Waals surface area contributed by atoms with Gasteiger partial charge in [0.1, 0.15) is 11.6 Å². The van der Waals surface area contributed by atoms with Crippen molar-refractivity contribution >= 4 is 31.9 Å². The largest absolute Gasteiger partial charge is 0.493 e. The standard InChI is InChI=1S/C20H22BrFN2O4S/c21-15-1-7-18(8-2-15)29(26,27)24-11-9-20(10-12-24,13-19(23)25)14-28-17-5-3-16(22)4-6-17/h1-8H,9-14H2,(H2,23,25). The number of benzene rings is 2. The van der Waals surface area contributed by atoms with E-state index in [1.165, 1.54) is 28.6 Å². The minimum absolute atomic E-state index is 0.0976. The normalized spacial score (nSPS) is 17.0. The molecule has 29 heavy (non-hydrogen) atoms. The maximum atomic E-state index is 13.1. The molecule has 9 heteroatoms. The van der Waals surface area contributed by atoms with Crippen molar-refractivity contribution in [3.63, 3.8) is 0 Å². The van der Waals surface area contributed by atoms with Gasteiger partial charge >= 0.3 is 0 Å². The third-order valence-electron chi connectivity index (χ3n) is 5.14. The van der Waals surface area contributed by atoms with E-state index in [0.29, 0.717) is 18.6 Å². The van der Waals surface area contributed by atoms with Gasteiger partial charge in [-0.2, -0.15) is 4.31 Å². The van der Waals surface area contributed by atoms with Crippen molar-refractivity contribution in [1.82, 2.24) is 4.31 Å². The third-order valence-corrected chi connectivity index (χ3v) is 7.58. The van der Waals surface area contributed by atoms with E-state index in [0.717, 1.165) is 4.47 Å². The highest BCUT2D eigenvalue weighted by molar-refractivity contribution is 9.10. The van der Waals surface area contributed by atoms with E-state index >= 15 is 0 Å². The maximum Gasteiger partial charge on any atom is 0.243 e. The first-order valence-corrected chi connectivity index (χ1v) is 11.4. The van der Waals surface area contributed by atoms with Crippen molar-refractivity contribution in [3.8, 4) is 5.75 Å². The van der Waals surface area contributed by atoms with Crippen LogP contribution in [-0.2, 0) is 14.8 Å². The summed E-state index contributed by atoms with van der Waals surface area (Å²) in [4.78, 5) is 11.9. The average Bonchev–Trinajstić information content (AvgIpc) is 2.68. The summed E-state index contributed by atoms with van der Waals surface area (Å²) < 4.78 is 46.9. The Kier molecular flexibility index (Phi) is 6.60. The predicted molar refractivity (Wildman–Crippen MR) is 110 cm³/mol. The topological polar surface area (TPSA) is 89.7 Å². The van der Waals surface area contributed by atoms with Crippen LogP contribution in [-0.4, -0.2) is 38.3 Å². The molecule has 2 N–H and O–H groups in total. The van der Waals surface area contributed by atoms with Gasteiger partial charge in [-0.1, -0.05) is 15.9 Å². The number of rotatable bonds is 7. The molecule has 1 heterocycles. The second-order valence-electron chi connectivity index (χ2n) is 7.24. The van der Waals surface area contributed by atoms with Crippen LogP contribution in [0.1, 0.15) is 19.3 Å². The lowest BCUT2D eigenvalue weighted by Gasteiger charge is -2.40. The van der Waals surface area contributed by atoms with E-state index in [9.17, 15) is 17.6 Å². The molecule has 6 nitrogen and oxygen atoms in total. The van der Waals surface area contributed by atoms with Crippen molar-refractivity contribution in [3.05, 3.63) is 58.8 Å². The van der Waals surface area contributed by atoms with E-state index in [4.69, 9.17) is 10.5 Å². The Morgan fingerprint density at radius 2 is 1.69 bits per heavy atom. The van der Waals surface area contributed by atoms with E-state index in [1.807, 2.05) is 0 Å². The Morgan fingerprint density at radius 1 is 1.10 bits per heavy atom. The van der Waals surface area contributed by atoms with Crippen LogP contribution < -0.4 is 10.5 Å². The number of amides is 1. The number of sulfonamides is 1. The number of piperidine rings is 1. The molecule has 1 aliphatic rings. The van der Waals surface area contributed by atoms with Crippen LogP contribution in [0, 0.1) is 11.2 Å². The second-order valence-corrected chi connectivity index (χ2v) is 10.1. The summed E-state index contributed by atoms with van der Waals surface area (Å²) in [5.41, 5.74) is 4.88. The molecule has 2 aromatic rings. The van der Waals surface area contributed by atoms with Crippen LogP contribution in [0.3, 0.4) is 0 Å². The number of ether oxygens (including phenoxy) is 1. The first kappa shape index (κ1) is 21.7. The van der Waals surface area contributed by atoms with Gasteiger partial charge < -0.3 is 10.5 Å². The molecule has 0 aromatic heterocycles. The van der Waals surface area contributed by atoms with E-state index in [1.54, 1.807) is 24.3 Å². The highest BCUT2D eigenvalue weighted by Crippen LogP contribution is 2.37. The molecule has 1 fully saturated rings. The Labute approximate surface area is 178 Å². The number of carbonyl (C=O) groups excluding carboxylic acids is 1. The number of carbonyl (C=O) groups is 1. The molecule has 1 amide bonds. The SMILES string of the molecule is NC(=O)CC1(COc2ccc(F)cc2)CCN(S(=O)(=O)c2ccc(Br)cc2)CC1. The Balaban J connectivity index is 1.71. The van der Waals surface area contributed by atoms with Crippen molar-refractivity contribution in [2.24, 2.45) is 11.1 Å². The lowest BCUT2D eigenvalue weighted by Crippen LogP contribution is -2.47. The molecule has 3 rings (SSSR count). The Morgan fingerprint density at radius 3 is 2.24 bits per heavy atom. The molecule has 156 valence electrons. The number of nitrogens with two attached hydrogens (primary N) is 1. The fraction of sp³-hybridized carbons (Fsp3) is 0.350. The first-order valence-electron chi connectivity index (χ1n) is 9.13. The molecule has 0 atom stereocenters. The van der Waals surface area contributed by atoms with Crippen molar-refractivity contribution < 1.29 is 22.3 Å². The van der Waals surface area contributed by atoms with Gasteiger partial charge in [0, 0.05) is 29.4 Å². The lowest BCUT2D eigenvalue weighted by molar-refractivity contribution is -0.121. The van der Waals surface area contributed by atoms with Crippen molar-refractivity contribution in [2.75, 3.05) is 19.7 Å². The van der Waals surface area contributed by atoms with Crippen molar-refractivity contribution in [2.45, 2.75) is 24.2 Å². The van der Waals surface area contributed by atoms with Crippen LogP contribution in [0.2, 0.25) is 0 Å². The van der Waals surface area contributed by atoms with Gasteiger partial charge in [0.05, 0.1) is 11.5 Å². The maximum absolute atomic E-state index is 13.1. The smallest absolute Gasteiger partial charge is 0.243 e. The van der Waals surface area contributed by atoms with Gasteiger partial charge in [0.2, 0.25) is 15.9 Å². The molecular weight excluding hydrogens is 463 g/mol. The number of halogens is 2. The highest BCUT2D eigenvalue weighted by atomic mass is 79.9. The lowest BCUT2D eigenvalue weighted by atomic mass is 9.76. The molecule has 0 spiro atoms. The molecule has 2 aromatic carbocycles. The zero-order valence-corrected chi connectivity index (χ0v) is 18.1. The molecule has 0 aliphatic carbocycles. The van der Waals surface area contributed by atoms with Crippen LogP contribution in [0.15, 0.2) is 57.9 Å². The number of nitrogens with zero attached hydrogens (tertiary/aromatic N) is 1. The van der Waals surface area contributed by atoms with Gasteiger partial charge in [-0.3, -0.25) is 4.79 Å². The summed E-state index contributed by atoms with van der Waals surface area (Å²) in [5, 5.41) is 0. The molecule has 0 saturated carbocycles. The summed E-state index contributed by atoms with van der Waals surface area (Å²) in [6, 6.07) is 12.1. The second kappa shape index (κ2) is 8.81. The zero-order valence-electron chi connectivity index (χ0n) is 15.7. The minimum atomic E-state index is -3.62.